The highest BCUT2D eigenvalue weighted by Crippen LogP contribution is 1.96. The average molecular weight is 122 g/mol. The first kappa shape index (κ1) is 8.30. The van der Waals surface area contributed by atoms with Crippen LogP contribution in [0.15, 0.2) is 12.7 Å². The van der Waals surface area contributed by atoms with Crippen LogP contribution in [0.25, 0.3) is 0 Å². The summed E-state index contributed by atoms with van der Waals surface area (Å²) in [7, 11) is 0. The SMILES string of the molecule is C=CCC#CC(C)CC. The largest absolute Gasteiger partial charge is 0.102 e. The van der Waals surface area contributed by atoms with E-state index in [2.05, 4.69) is 32.3 Å². The fraction of sp³-hybridized carbons (Fsp3) is 0.556. The van der Waals surface area contributed by atoms with E-state index in [1.807, 2.05) is 6.08 Å². The molecule has 0 saturated carbocycles. The Morgan fingerprint density at radius 2 is 2.33 bits per heavy atom. The lowest BCUT2D eigenvalue weighted by molar-refractivity contribution is 0.723. The predicted octanol–water partition coefficient (Wildman–Crippen LogP) is 2.61. The monoisotopic (exact) mass is 122 g/mol. The fourth-order valence-electron chi connectivity index (χ4n) is 0.407. The van der Waals surface area contributed by atoms with Crippen LogP contribution in [-0.2, 0) is 0 Å². The Kier molecular flexibility index (Phi) is 5.01. The van der Waals surface area contributed by atoms with Gasteiger partial charge in [0.05, 0.1) is 0 Å². The molecule has 0 bridgehead atoms. The standard InChI is InChI=1S/C9H14/c1-4-6-7-8-9(3)5-2/h4,9H,1,5-6H2,2-3H3. The number of hydrogen-bond acceptors (Lipinski definition) is 0. The van der Waals surface area contributed by atoms with Crippen molar-refractivity contribution < 1.29 is 0 Å². The van der Waals surface area contributed by atoms with Gasteiger partial charge in [-0.25, -0.2) is 0 Å². The number of hydrogen-bond donors (Lipinski definition) is 0. The van der Waals surface area contributed by atoms with Crippen molar-refractivity contribution in [1.82, 2.24) is 0 Å². The molecule has 0 fully saturated rings. The normalized spacial score (nSPS) is 11.3. The van der Waals surface area contributed by atoms with Crippen LogP contribution in [0, 0.1) is 17.8 Å². The van der Waals surface area contributed by atoms with Crippen LogP contribution in [0.2, 0.25) is 0 Å². The van der Waals surface area contributed by atoms with Gasteiger partial charge in [-0.3, -0.25) is 0 Å². The third-order valence-corrected chi connectivity index (χ3v) is 1.21. The van der Waals surface area contributed by atoms with Crippen molar-refractivity contribution in [2.24, 2.45) is 5.92 Å². The second-order valence-electron chi connectivity index (χ2n) is 2.12. The van der Waals surface area contributed by atoms with Gasteiger partial charge in [-0.05, 0) is 6.42 Å². The zero-order valence-electron chi connectivity index (χ0n) is 6.28. The zero-order chi connectivity index (χ0) is 7.11. The summed E-state index contributed by atoms with van der Waals surface area (Å²) in [4.78, 5) is 0. The van der Waals surface area contributed by atoms with E-state index < -0.39 is 0 Å². The third kappa shape index (κ3) is 5.17. The van der Waals surface area contributed by atoms with Crippen LogP contribution in [0.4, 0.5) is 0 Å². The Morgan fingerprint density at radius 3 is 2.78 bits per heavy atom. The number of rotatable bonds is 2. The topological polar surface area (TPSA) is 0 Å². The highest BCUT2D eigenvalue weighted by Gasteiger charge is 1.86. The molecule has 0 heterocycles. The predicted molar refractivity (Wildman–Crippen MR) is 42.0 cm³/mol. The number of allylic oxidation sites excluding steroid dienone is 1. The highest BCUT2D eigenvalue weighted by atomic mass is 13.9. The maximum Gasteiger partial charge on any atom is 0.0267 e. The molecule has 0 amide bonds. The molecule has 0 nitrogen and oxygen atoms in total. The molecule has 9 heavy (non-hydrogen) atoms. The minimum Gasteiger partial charge on any atom is -0.102 e. The van der Waals surface area contributed by atoms with E-state index in [1.165, 1.54) is 0 Å². The molecule has 0 aliphatic carbocycles. The second kappa shape index (κ2) is 5.44. The van der Waals surface area contributed by atoms with E-state index >= 15 is 0 Å². The van der Waals surface area contributed by atoms with Crippen molar-refractivity contribution in [3.63, 3.8) is 0 Å². The summed E-state index contributed by atoms with van der Waals surface area (Å²) in [6.07, 6.45) is 3.80. The second-order valence-corrected chi connectivity index (χ2v) is 2.12. The summed E-state index contributed by atoms with van der Waals surface area (Å²) in [6.45, 7) is 7.86. The first-order valence-corrected chi connectivity index (χ1v) is 3.40. The van der Waals surface area contributed by atoms with Gasteiger partial charge in [0.2, 0.25) is 0 Å². The molecule has 0 radical (unpaired) electrons. The summed E-state index contributed by atoms with van der Waals surface area (Å²) in [5, 5.41) is 0. The first-order valence-electron chi connectivity index (χ1n) is 3.40. The van der Waals surface area contributed by atoms with Crippen molar-refractivity contribution in [2.45, 2.75) is 26.7 Å². The molecule has 0 aromatic heterocycles. The van der Waals surface area contributed by atoms with E-state index in [9.17, 15) is 0 Å². The molecular weight excluding hydrogens is 108 g/mol. The molecule has 0 N–H and O–H groups in total. The van der Waals surface area contributed by atoms with E-state index in [0.29, 0.717) is 5.92 Å². The van der Waals surface area contributed by atoms with Gasteiger partial charge in [0.1, 0.15) is 0 Å². The molecular formula is C9H14. The lowest BCUT2D eigenvalue weighted by Crippen LogP contribution is -1.83. The molecule has 0 saturated heterocycles. The Morgan fingerprint density at radius 1 is 1.67 bits per heavy atom. The first-order chi connectivity index (χ1) is 4.31. The summed E-state index contributed by atoms with van der Waals surface area (Å²) < 4.78 is 0. The molecule has 1 atom stereocenters. The maximum absolute atomic E-state index is 3.58. The molecule has 0 heteroatoms. The van der Waals surface area contributed by atoms with Gasteiger partial charge < -0.3 is 0 Å². The Hall–Kier alpha value is -0.700. The summed E-state index contributed by atoms with van der Waals surface area (Å²) in [6, 6.07) is 0. The highest BCUT2D eigenvalue weighted by molar-refractivity contribution is 5.05. The van der Waals surface area contributed by atoms with Gasteiger partial charge in [0, 0.05) is 12.3 Å². The zero-order valence-corrected chi connectivity index (χ0v) is 6.28. The van der Waals surface area contributed by atoms with Crippen LogP contribution in [0.1, 0.15) is 26.7 Å². The lowest BCUT2D eigenvalue weighted by atomic mass is 10.1. The summed E-state index contributed by atoms with van der Waals surface area (Å²) >= 11 is 0. The van der Waals surface area contributed by atoms with Crippen molar-refractivity contribution in [2.75, 3.05) is 0 Å². The molecule has 0 aromatic carbocycles. The molecule has 0 rings (SSSR count). The van der Waals surface area contributed by atoms with Gasteiger partial charge in [-0.2, -0.15) is 0 Å². The van der Waals surface area contributed by atoms with Crippen LogP contribution < -0.4 is 0 Å². The van der Waals surface area contributed by atoms with Gasteiger partial charge in [0.15, 0.2) is 0 Å². The van der Waals surface area contributed by atoms with Crippen LogP contribution >= 0.6 is 0 Å². The van der Waals surface area contributed by atoms with E-state index in [0.717, 1.165) is 12.8 Å². The van der Waals surface area contributed by atoms with Gasteiger partial charge >= 0.3 is 0 Å². The van der Waals surface area contributed by atoms with E-state index in [1.54, 1.807) is 0 Å². The van der Waals surface area contributed by atoms with Gasteiger partial charge in [-0.1, -0.05) is 31.8 Å². The lowest BCUT2D eigenvalue weighted by Gasteiger charge is -1.92. The summed E-state index contributed by atoms with van der Waals surface area (Å²) in [5.41, 5.74) is 0. The Balaban J connectivity index is 3.44. The average Bonchev–Trinajstić information content (AvgIpc) is 1.89. The van der Waals surface area contributed by atoms with E-state index in [-0.39, 0.29) is 0 Å². The molecule has 0 spiro atoms. The molecule has 50 valence electrons. The van der Waals surface area contributed by atoms with Crippen molar-refractivity contribution >= 4 is 0 Å². The van der Waals surface area contributed by atoms with E-state index in [4.69, 9.17) is 0 Å². The van der Waals surface area contributed by atoms with Crippen LogP contribution in [0.3, 0.4) is 0 Å². The Bertz CT molecular complexity index is 123. The minimum absolute atomic E-state index is 0.546. The molecule has 0 aromatic rings. The quantitative estimate of drug-likeness (QED) is 0.390. The van der Waals surface area contributed by atoms with Crippen LogP contribution in [-0.4, -0.2) is 0 Å². The molecule has 0 aliphatic heterocycles. The smallest absolute Gasteiger partial charge is 0.0267 e. The van der Waals surface area contributed by atoms with Crippen LogP contribution in [0.5, 0.6) is 0 Å². The summed E-state index contributed by atoms with van der Waals surface area (Å²) in [5.74, 6) is 6.68. The third-order valence-electron chi connectivity index (χ3n) is 1.21. The maximum atomic E-state index is 3.58. The van der Waals surface area contributed by atoms with Crippen molar-refractivity contribution in [3.05, 3.63) is 12.7 Å². The van der Waals surface area contributed by atoms with Gasteiger partial charge in [0.25, 0.3) is 0 Å². The van der Waals surface area contributed by atoms with Crippen molar-refractivity contribution in [3.8, 4) is 11.8 Å². The fourth-order valence-corrected chi connectivity index (χ4v) is 0.407. The molecule has 0 aliphatic rings. The van der Waals surface area contributed by atoms with Gasteiger partial charge in [-0.15, -0.1) is 6.58 Å². The minimum atomic E-state index is 0.546. The Labute approximate surface area is 58.0 Å². The van der Waals surface area contributed by atoms with Crippen molar-refractivity contribution in [1.29, 1.82) is 0 Å². The molecule has 1 unspecified atom stereocenters.